The van der Waals surface area contributed by atoms with Crippen molar-refractivity contribution >= 4 is 0 Å². The highest BCUT2D eigenvalue weighted by atomic mass is 16.5. The van der Waals surface area contributed by atoms with Crippen LogP contribution in [0.25, 0.3) is 0 Å². The predicted molar refractivity (Wildman–Crippen MR) is 144 cm³/mol. The van der Waals surface area contributed by atoms with Gasteiger partial charge in [0, 0.05) is 5.56 Å². The molecule has 1 unspecified atom stereocenters. The summed E-state index contributed by atoms with van der Waals surface area (Å²) in [5, 5.41) is 40.1. The molecule has 0 bridgehead atoms. The van der Waals surface area contributed by atoms with Crippen molar-refractivity contribution in [3.05, 3.63) is 29.8 Å². The molecule has 6 nitrogen and oxygen atoms in total. The normalized spacial score (nSPS) is 24.2. The first-order chi connectivity index (χ1) is 17.6. The van der Waals surface area contributed by atoms with Gasteiger partial charge in [0.25, 0.3) is 0 Å². The van der Waals surface area contributed by atoms with Gasteiger partial charge in [-0.25, -0.2) is 0 Å². The summed E-state index contributed by atoms with van der Waals surface area (Å²) in [5.74, 6) is 0.600. The Bertz CT molecular complexity index is 667. The second-order valence-electron chi connectivity index (χ2n) is 10.4. The van der Waals surface area contributed by atoms with Gasteiger partial charge in [-0.2, -0.15) is 0 Å². The van der Waals surface area contributed by atoms with Gasteiger partial charge in [0.2, 0.25) is 0 Å². The predicted octanol–water partition coefficient (Wildman–Crippen LogP) is 5.84. The van der Waals surface area contributed by atoms with Crippen molar-refractivity contribution in [2.24, 2.45) is 0 Å². The van der Waals surface area contributed by atoms with Crippen LogP contribution in [0.2, 0.25) is 0 Å². The summed E-state index contributed by atoms with van der Waals surface area (Å²) in [6, 6.07) is 7.29. The summed E-state index contributed by atoms with van der Waals surface area (Å²) in [4.78, 5) is 0. The molecule has 1 aliphatic rings. The Labute approximate surface area is 219 Å². The SMILES string of the molecule is CCCCCCCCCCCCCCCCCCOc1ccccc1C1O[C@H](CO)[C@H](O)[C@H](O)[C@H]1O. The van der Waals surface area contributed by atoms with Crippen molar-refractivity contribution in [2.45, 2.75) is 140 Å². The fourth-order valence-electron chi connectivity index (χ4n) is 5.04. The van der Waals surface area contributed by atoms with Crippen LogP contribution in [0.15, 0.2) is 24.3 Å². The van der Waals surface area contributed by atoms with Crippen molar-refractivity contribution in [3.8, 4) is 5.75 Å². The number of hydrogen-bond donors (Lipinski definition) is 4. The number of aliphatic hydroxyl groups excluding tert-OH is 4. The van der Waals surface area contributed by atoms with Crippen molar-refractivity contribution < 1.29 is 29.9 Å². The van der Waals surface area contributed by atoms with E-state index in [1.54, 1.807) is 6.07 Å². The Kier molecular flexibility index (Phi) is 16.4. The lowest BCUT2D eigenvalue weighted by atomic mass is 9.91. The van der Waals surface area contributed by atoms with E-state index in [1.165, 1.54) is 89.9 Å². The molecule has 1 aromatic carbocycles. The van der Waals surface area contributed by atoms with Crippen molar-refractivity contribution in [1.82, 2.24) is 0 Å². The van der Waals surface area contributed by atoms with Crippen LogP contribution in [0.1, 0.15) is 121 Å². The number of ether oxygens (including phenoxy) is 2. The summed E-state index contributed by atoms with van der Waals surface area (Å²) in [5.41, 5.74) is 0.617. The molecule has 5 atom stereocenters. The molecular formula is C30H52O6. The molecule has 1 heterocycles. The van der Waals surface area contributed by atoms with E-state index < -0.39 is 37.1 Å². The number of aliphatic hydroxyl groups is 4. The molecule has 1 saturated heterocycles. The van der Waals surface area contributed by atoms with E-state index in [2.05, 4.69) is 6.92 Å². The molecule has 4 N–H and O–H groups in total. The second-order valence-corrected chi connectivity index (χ2v) is 10.4. The van der Waals surface area contributed by atoms with Gasteiger partial charge in [-0.1, -0.05) is 121 Å². The Morgan fingerprint density at radius 2 is 1.17 bits per heavy atom. The van der Waals surface area contributed by atoms with Gasteiger partial charge in [0.05, 0.1) is 13.2 Å². The lowest BCUT2D eigenvalue weighted by molar-refractivity contribution is -0.232. The van der Waals surface area contributed by atoms with Crippen LogP contribution in [0.3, 0.4) is 0 Å². The summed E-state index contributed by atoms with van der Waals surface area (Å²) >= 11 is 0. The zero-order chi connectivity index (χ0) is 26.0. The first-order valence-electron chi connectivity index (χ1n) is 14.6. The quantitative estimate of drug-likeness (QED) is 0.165. The van der Waals surface area contributed by atoms with Gasteiger partial charge in [0.15, 0.2) is 0 Å². The lowest BCUT2D eigenvalue weighted by Gasteiger charge is -2.40. The van der Waals surface area contributed by atoms with Gasteiger partial charge < -0.3 is 29.9 Å². The minimum absolute atomic E-state index is 0.441. The number of benzene rings is 1. The smallest absolute Gasteiger partial charge is 0.125 e. The van der Waals surface area contributed by atoms with E-state index in [9.17, 15) is 20.4 Å². The average molecular weight is 509 g/mol. The molecule has 0 aromatic heterocycles. The highest BCUT2D eigenvalue weighted by Crippen LogP contribution is 2.36. The summed E-state index contributed by atoms with van der Waals surface area (Å²) in [6.45, 7) is 2.41. The molecule has 1 aromatic rings. The molecular weight excluding hydrogens is 456 g/mol. The van der Waals surface area contributed by atoms with Gasteiger partial charge >= 0.3 is 0 Å². The minimum atomic E-state index is -1.39. The Hall–Kier alpha value is -1.18. The lowest BCUT2D eigenvalue weighted by Crippen LogP contribution is -2.55. The van der Waals surface area contributed by atoms with E-state index in [-0.39, 0.29) is 0 Å². The van der Waals surface area contributed by atoms with Crippen LogP contribution < -0.4 is 4.74 Å². The third kappa shape index (κ3) is 11.1. The van der Waals surface area contributed by atoms with E-state index in [0.29, 0.717) is 17.9 Å². The summed E-state index contributed by atoms with van der Waals surface area (Å²) in [7, 11) is 0. The van der Waals surface area contributed by atoms with Crippen molar-refractivity contribution in [2.75, 3.05) is 13.2 Å². The largest absolute Gasteiger partial charge is 0.493 e. The van der Waals surface area contributed by atoms with Crippen LogP contribution in [-0.2, 0) is 4.74 Å². The van der Waals surface area contributed by atoms with E-state index in [1.807, 2.05) is 18.2 Å². The molecule has 0 aliphatic carbocycles. The molecule has 6 heteroatoms. The molecule has 2 rings (SSSR count). The van der Waals surface area contributed by atoms with Crippen molar-refractivity contribution in [1.29, 1.82) is 0 Å². The van der Waals surface area contributed by atoms with Crippen LogP contribution in [0.4, 0.5) is 0 Å². The van der Waals surface area contributed by atoms with E-state index >= 15 is 0 Å². The van der Waals surface area contributed by atoms with Crippen LogP contribution in [-0.4, -0.2) is 58.1 Å². The van der Waals surface area contributed by atoms with Crippen molar-refractivity contribution in [3.63, 3.8) is 0 Å². The highest BCUT2D eigenvalue weighted by molar-refractivity contribution is 5.36. The van der Waals surface area contributed by atoms with Crippen LogP contribution in [0.5, 0.6) is 5.75 Å². The minimum Gasteiger partial charge on any atom is -0.493 e. The molecule has 0 spiro atoms. The van der Waals surface area contributed by atoms with Crippen LogP contribution in [0, 0.1) is 0 Å². The number of para-hydroxylation sites is 1. The van der Waals surface area contributed by atoms with Crippen LogP contribution >= 0.6 is 0 Å². The fraction of sp³-hybridized carbons (Fsp3) is 0.800. The molecule has 0 amide bonds. The topological polar surface area (TPSA) is 99.4 Å². The highest BCUT2D eigenvalue weighted by Gasteiger charge is 2.44. The summed E-state index contributed by atoms with van der Waals surface area (Å²) in [6.07, 6.45) is 15.3. The standard InChI is InChI=1S/C30H52O6/c1-2-3-4-5-6-7-8-9-10-11-12-13-14-15-16-19-22-35-25-21-18-17-20-24(25)30-29(34)28(33)27(32)26(23-31)36-30/h17-18,20-21,26-34H,2-16,19,22-23H2,1H3/t26-,27+,28+,29-,30?/m1/s1. The maximum Gasteiger partial charge on any atom is 0.125 e. The Morgan fingerprint density at radius 3 is 1.69 bits per heavy atom. The second kappa shape index (κ2) is 19.0. The molecule has 208 valence electrons. The molecule has 36 heavy (non-hydrogen) atoms. The summed E-state index contributed by atoms with van der Waals surface area (Å²) < 4.78 is 11.7. The maximum atomic E-state index is 10.4. The number of unbranched alkanes of at least 4 members (excludes halogenated alkanes) is 15. The zero-order valence-electron chi connectivity index (χ0n) is 22.5. The van der Waals surface area contributed by atoms with Gasteiger partial charge in [-0.05, 0) is 12.5 Å². The first kappa shape index (κ1) is 31.0. The van der Waals surface area contributed by atoms with Gasteiger partial charge in [0.1, 0.15) is 36.3 Å². The first-order valence-corrected chi connectivity index (χ1v) is 14.6. The number of hydrogen-bond acceptors (Lipinski definition) is 6. The average Bonchev–Trinajstić information content (AvgIpc) is 2.89. The van der Waals surface area contributed by atoms with Gasteiger partial charge in [-0.15, -0.1) is 0 Å². The maximum absolute atomic E-state index is 10.4. The number of rotatable bonds is 20. The third-order valence-electron chi connectivity index (χ3n) is 7.37. The zero-order valence-corrected chi connectivity index (χ0v) is 22.5. The molecule has 0 radical (unpaired) electrons. The monoisotopic (exact) mass is 508 g/mol. The Balaban J connectivity index is 1.53. The van der Waals surface area contributed by atoms with E-state index in [4.69, 9.17) is 9.47 Å². The molecule has 1 aliphatic heterocycles. The molecule has 0 saturated carbocycles. The fourth-order valence-corrected chi connectivity index (χ4v) is 5.04. The van der Waals surface area contributed by atoms with Gasteiger partial charge in [-0.3, -0.25) is 0 Å². The Morgan fingerprint density at radius 1 is 0.667 bits per heavy atom. The van der Waals surface area contributed by atoms with E-state index in [0.717, 1.165) is 12.8 Å². The third-order valence-corrected chi connectivity index (χ3v) is 7.37. The molecule has 1 fully saturated rings.